The van der Waals surface area contributed by atoms with Crippen LogP contribution < -0.4 is 16.0 Å². The zero-order valence-corrected chi connectivity index (χ0v) is 22.2. The van der Waals surface area contributed by atoms with Gasteiger partial charge < -0.3 is 21.1 Å². The molecule has 0 unspecified atom stereocenters. The van der Waals surface area contributed by atoms with Crippen LogP contribution in [0.5, 0.6) is 5.75 Å². The molecule has 0 atom stereocenters. The Kier molecular flexibility index (Phi) is 8.56. The third-order valence-electron chi connectivity index (χ3n) is 5.53. The normalized spacial score (nSPS) is 10.4. The van der Waals surface area contributed by atoms with E-state index in [4.69, 9.17) is 11.6 Å². The molecule has 9 nitrogen and oxygen atoms in total. The van der Waals surface area contributed by atoms with Gasteiger partial charge in [0.25, 0.3) is 5.91 Å². The molecule has 0 fully saturated rings. The Morgan fingerprint density at radius 2 is 1.87 bits per heavy atom. The summed E-state index contributed by atoms with van der Waals surface area (Å²) in [6.45, 7) is 1.57. The minimum Gasteiger partial charge on any atom is -0.507 e. The maximum atomic E-state index is 12.9. The Hall–Kier alpha value is -4.72. The van der Waals surface area contributed by atoms with E-state index >= 15 is 0 Å². The number of hydrogen-bond donors (Lipinski definition) is 4. The average molecular weight is 560 g/mol. The first-order valence-electron chi connectivity index (χ1n) is 11.7. The number of halogens is 1. The first kappa shape index (κ1) is 27.3. The van der Waals surface area contributed by atoms with Gasteiger partial charge >= 0.3 is 0 Å². The fourth-order valence-corrected chi connectivity index (χ4v) is 4.54. The van der Waals surface area contributed by atoms with E-state index in [0.29, 0.717) is 38.0 Å². The minimum absolute atomic E-state index is 0.0162. The molecule has 0 spiro atoms. The van der Waals surface area contributed by atoms with E-state index in [1.165, 1.54) is 24.3 Å². The minimum atomic E-state index is -0.433. The maximum Gasteiger partial charge on any atom is 0.266 e. The smallest absolute Gasteiger partial charge is 0.266 e. The summed E-state index contributed by atoms with van der Waals surface area (Å²) in [4.78, 5) is 41.2. The van der Waals surface area contributed by atoms with Crippen molar-refractivity contribution in [3.63, 3.8) is 0 Å². The number of aromatic nitrogens is 1. The number of nitrogens with zero attached hydrogens (tertiary/aromatic N) is 2. The summed E-state index contributed by atoms with van der Waals surface area (Å²) in [6, 6.07) is 18.5. The molecule has 0 aliphatic rings. The first-order valence-corrected chi connectivity index (χ1v) is 12.9. The van der Waals surface area contributed by atoms with Gasteiger partial charge in [-0.25, -0.2) is 4.98 Å². The monoisotopic (exact) mass is 559 g/mol. The number of phenols is 1. The van der Waals surface area contributed by atoms with Crippen molar-refractivity contribution < 1.29 is 19.5 Å². The van der Waals surface area contributed by atoms with E-state index in [0.717, 1.165) is 0 Å². The number of pyridine rings is 1. The largest absolute Gasteiger partial charge is 0.507 e. The second-order valence-electron chi connectivity index (χ2n) is 8.35. The molecule has 0 saturated heterocycles. The van der Waals surface area contributed by atoms with E-state index in [2.05, 4.69) is 27.0 Å². The van der Waals surface area contributed by atoms with Crippen molar-refractivity contribution in [3.05, 3.63) is 81.5 Å². The number of phenolic OH excluding ortho intramolecular Hbond substituents is 1. The number of nitriles is 1. The van der Waals surface area contributed by atoms with Gasteiger partial charge in [0.2, 0.25) is 11.8 Å². The Labute approximate surface area is 233 Å². The number of benzene rings is 2. The van der Waals surface area contributed by atoms with Gasteiger partial charge in [-0.05, 0) is 53.4 Å². The molecule has 196 valence electrons. The van der Waals surface area contributed by atoms with E-state index in [9.17, 15) is 24.8 Å². The number of thiophene rings is 1. The van der Waals surface area contributed by atoms with E-state index in [1.807, 2.05) is 0 Å². The number of amides is 3. The molecule has 0 aliphatic carbocycles. The highest BCUT2D eigenvalue weighted by Gasteiger charge is 2.20. The molecule has 4 N–H and O–H groups in total. The molecule has 39 heavy (non-hydrogen) atoms. The molecule has 3 amide bonds. The molecule has 0 saturated carbocycles. The number of carbonyl (C=O) groups excluding carboxylic acids is 3. The van der Waals surface area contributed by atoms with Crippen LogP contribution in [0.2, 0.25) is 5.02 Å². The molecule has 2 heterocycles. The molecular formula is C28H22ClN5O4S. The second kappa shape index (κ2) is 12.2. The van der Waals surface area contributed by atoms with Crippen LogP contribution in [0, 0.1) is 11.3 Å². The fourth-order valence-electron chi connectivity index (χ4n) is 3.75. The van der Waals surface area contributed by atoms with Crippen LogP contribution >= 0.6 is 22.9 Å². The second-order valence-corrected chi connectivity index (χ2v) is 9.73. The van der Waals surface area contributed by atoms with Gasteiger partial charge in [0.1, 0.15) is 17.4 Å². The number of anilines is 2. The van der Waals surface area contributed by atoms with Crippen molar-refractivity contribution in [2.24, 2.45) is 0 Å². The lowest BCUT2D eigenvalue weighted by Crippen LogP contribution is -2.25. The van der Waals surface area contributed by atoms with E-state index in [1.54, 1.807) is 60.0 Å². The molecule has 4 aromatic rings. The van der Waals surface area contributed by atoms with Crippen LogP contribution in [0.4, 0.5) is 11.5 Å². The van der Waals surface area contributed by atoms with Gasteiger partial charge in [-0.3, -0.25) is 14.4 Å². The number of rotatable bonds is 8. The summed E-state index contributed by atoms with van der Waals surface area (Å²) in [5, 5.41) is 30.8. The zero-order valence-electron chi connectivity index (χ0n) is 20.6. The van der Waals surface area contributed by atoms with Gasteiger partial charge in [0, 0.05) is 41.7 Å². The number of nitrogens with one attached hydrogen (secondary N) is 3. The van der Waals surface area contributed by atoms with Crippen molar-refractivity contribution in [1.29, 1.82) is 5.26 Å². The van der Waals surface area contributed by atoms with Crippen LogP contribution in [-0.4, -0.2) is 34.4 Å². The predicted molar refractivity (Wildman–Crippen MR) is 151 cm³/mol. The Morgan fingerprint density at radius 1 is 1.05 bits per heavy atom. The lowest BCUT2D eigenvalue weighted by Gasteiger charge is -2.15. The van der Waals surface area contributed by atoms with Crippen LogP contribution in [0.15, 0.2) is 66.0 Å². The van der Waals surface area contributed by atoms with Crippen molar-refractivity contribution in [2.45, 2.75) is 13.3 Å². The lowest BCUT2D eigenvalue weighted by atomic mass is 9.97. The summed E-state index contributed by atoms with van der Waals surface area (Å²) >= 11 is 7.25. The molecule has 4 rings (SSSR count). The number of carbonyl (C=O) groups is 3. The highest BCUT2D eigenvalue weighted by molar-refractivity contribution is 7.12. The van der Waals surface area contributed by atoms with Crippen molar-refractivity contribution in [1.82, 2.24) is 10.3 Å². The summed E-state index contributed by atoms with van der Waals surface area (Å²) in [7, 11) is 0. The fraction of sp³-hybridized carbons (Fsp3) is 0.107. The number of aromatic hydroxyl groups is 1. The van der Waals surface area contributed by atoms with Gasteiger partial charge in [0.15, 0.2) is 5.82 Å². The zero-order chi connectivity index (χ0) is 27.9. The quantitative estimate of drug-likeness (QED) is 0.227. The Balaban J connectivity index is 1.77. The predicted octanol–water partition coefficient (Wildman–Crippen LogP) is 5.42. The summed E-state index contributed by atoms with van der Waals surface area (Å²) in [5.41, 5.74) is 2.21. The molecule has 2 aromatic carbocycles. The standard InChI is InChI=1S/C28H22ClN5O4S/c1-16(35)31-10-9-26(37)32-19-5-2-4-17(12-19)21-14-23(20-8-7-18(29)13-24(20)36)33-27(22(21)15-30)34-28(38)25-6-3-11-39-25/h2-8,11-14,36H,9-10H2,1H3,(H,31,35)(H,32,37)(H,33,34,38). The van der Waals surface area contributed by atoms with Crippen molar-refractivity contribution in [3.8, 4) is 34.2 Å². The van der Waals surface area contributed by atoms with Crippen LogP contribution in [0.1, 0.15) is 28.6 Å². The van der Waals surface area contributed by atoms with Gasteiger partial charge in [-0.2, -0.15) is 5.26 Å². The lowest BCUT2D eigenvalue weighted by molar-refractivity contribution is -0.119. The highest BCUT2D eigenvalue weighted by Crippen LogP contribution is 2.37. The molecule has 11 heteroatoms. The van der Waals surface area contributed by atoms with E-state index < -0.39 is 5.91 Å². The SMILES string of the molecule is CC(=O)NCCC(=O)Nc1cccc(-c2cc(-c3ccc(Cl)cc3O)nc(NC(=O)c3cccs3)c2C#N)c1. The van der Waals surface area contributed by atoms with Gasteiger partial charge in [-0.15, -0.1) is 11.3 Å². The van der Waals surface area contributed by atoms with Crippen LogP contribution in [0.3, 0.4) is 0 Å². The molecule has 0 aliphatic heterocycles. The van der Waals surface area contributed by atoms with Gasteiger partial charge in [0.05, 0.1) is 10.6 Å². The van der Waals surface area contributed by atoms with Crippen LogP contribution in [0.25, 0.3) is 22.4 Å². The summed E-state index contributed by atoms with van der Waals surface area (Å²) in [5.74, 6) is -1.07. The third kappa shape index (κ3) is 6.78. The number of hydrogen-bond acceptors (Lipinski definition) is 7. The maximum absolute atomic E-state index is 12.9. The Bertz CT molecular complexity index is 1600. The topological polar surface area (TPSA) is 144 Å². The molecule has 2 aromatic heterocycles. The third-order valence-corrected chi connectivity index (χ3v) is 6.63. The Morgan fingerprint density at radius 3 is 2.56 bits per heavy atom. The molecular weight excluding hydrogens is 538 g/mol. The van der Waals surface area contributed by atoms with Gasteiger partial charge in [-0.1, -0.05) is 29.8 Å². The highest BCUT2D eigenvalue weighted by atomic mass is 35.5. The molecule has 0 radical (unpaired) electrons. The summed E-state index contributed by atoms with van der Waals surface area (Å²) < 4.78 is 0. The average Bonchev–Trinajstić information content (AvgIpc) is 3.43. The van der Waals surface area contributed by atoms with Crippen molar-refractivity contribution >= 4 is 52.2 Å². The van der Waals surface area contributed by atoms with Crippen LogP contribution in [-0.2, 0) is 9.59 Å². The molecule has 0 bridgehead atoms. The first-order chi connectivity index (χ1) is 18.7. The summed E-state index contributed by atoms with van der Waals surface area (Å²) in [6.07, 6.45) is 0.0847. The van der Waals surface area contributed by atoms with E-state index in [-0.39, 0.29) is 41.9 Å². The van der Waals surface area contributed by atoms with Crippen molar-refractivity contribution in [2.75, 3.05) is 17.2 Å².